The number of nitrogens with zero attached hydrogens (tertiary/aromatic N) is 1. The maximum atomic E-state index is 12.7. The Balaban J connectivity index is 2.37. The van der Waals surface area contributed by atoms with Crippen LogP contribution in [0, 0.1) is 6.92 Å². The van der Waals surface area contributed by atoms with Crippen molar-refractivity contribution < 1.29 is 19.4 Å². The lowest BCUT2D eigenvalue weighted by Crippen LogP contribution is -2.38. The first-order valence-electron chi connectivity index (χ1n) is 6.62. The van der Waals surface area contributed by atoms with E-state index in [1.54, 1.807) is 0 Å². The number of aromatic amines is 1. The van der Waals surface area contributed by atoms with E-state index in [2.05, 4.69) is 4.98 Å². The van der Waals surface area contributed by atoms with Crippen molar-refractivity contribution >= 4 is 22.8 Å². The predicted octanol–water partition coefficient (Wildman–Crippen LogP) is 1.65. The largest absolute Gasteiger partial charge is 0.480 e. The number of aryl methyl sites for hydroxylation is 1. The van der Waals surface area contributed by atoms with Crippen molar-refractivity contribution in [2.45, 2.75) is 6.92 Å². The van der Waals surface area contributed by atoms with E-state index in [9.17, 15) is 9.59 Å². The summed E-state index contributed by atoms with van der Waals surface area (Å²) in [4.78, 5) is 28.1. The molecule has 0 saturated carbocycles. The van der Waals surface area contributed by atoms with Gasteiger partial charge in [0.25, 0.3) is 5.91 Å². The number of carboxylic acids is 1. The summed E-state index contributed by atoms with van der Waals surface area (Å²) in [6, 6.07) is 7.46. The number of carbonyl (C=O) groups excluding carboxylic acids is 1. The van der Waals surface area contributed by atoms with Gasteiger partial charge >= 0.3 is 5.97 Å². The smallest absolute Gasteiger partial charge is 0.323 e. The van der Waals surface area contributed by atoms with E-state index >= 15 is 0 Å². The van der Waals surface area contributed by atoms with Gasteiger partial charge in [-0.2, -0.15) is 0 Å². The van der Waals surface area contributed by atoms with E-state index in [4.69, 9.17) is 9.84 Å². The van der Waals surface area contributed by atoms with E-state index in [1.165, 1.54) is 12.0 Å². The standard InChI is InChI=1S/C15H18N2O4/c1-10-14(11-5-3-4-6-12(11)16-10)15(20)17(7-8-21-2)9-13(18)19/h3-6,16H,7-9H2,1-2H3,(H,18,19). The van der Waals surface area contributed by atoms with Crippen LogP contribution in [-0.2, 0) is 9.53 Å². The number of methoxy groups -OCH3 is 1. The highest BCUT2D eigenvalue weighted by molar-refractivity contribution is 6.08. The van der Waals surface area contributed by atoms with Gasteiger partial charge in [0.2, 0.25) is 0 Å². The van der Waals surface area contributed by atoms with Crippen LogP contribution in [0.1, 0.15) is 16.1 Å². The summed E-state index contributed by atoms with van der Waals surface area (Å²) in [5, 5.41) is 9.77. The molecule has 0 unspecified atom stereocenters. The van der Waals surface area contributed by atoms with E-state index in [-0.39, 0.29) is 19.0 Å². The summed E-state index contributed by atoms with van der Waals surface area (Å²) in [5.41, 5.74) is 2.11. The highest BCUT2D eigenvalue weighted by Crippen LogP contribution is 2.23. The fourth-order valence-corrected chi connectivity index (χ4v) is 2.33. The number of carboxylic acid groups (broad SMARTS) is 1. The minimum absolute atomic E-state index is 0.237. The molecule has 1 aromatic carbocycles. The number of H-pyrrole nitrogens is 1. The zero-order valence-electron chi connectivity index (χ0n) is 12.0. The van der Waals surface area contributed by atoms with Crippen molar-refractivity contribution in [2.24, 2.45) is 0 Å². The summed E-state index contributed by atoms with van der Waals surface area (Å²) in [6.45, 7) is 1.99. The normalized spacial score (nSPS) is 10.8. The summed E-state index contributed by atoms with van der Waals surface area (Å²) in [6.07, 6.45) is 0. The molecule has 0 aliphatic carbocycles. The number of benzene rings is 1. The number of rotatable bonds is 6. The number of hydrogen-bond acceptors (Lipinski definition) is 3. The number of para-hydroxylation sites is 1. The molecule has 0 bridgehead atoms. The number of aliphatic carboxylic acids is 1. The monoisotopic (exact) mass is 290 g/mol. The summed E-state index contributed by atoms with van der Waals surface area (Å²) in [7, 11) is 1.51. The number of ether oxygens (including phenoxy) is 1. The van der Waals surface area contributed by atoms with Crippen LogP contribution in [0.15, 0.2) is 24.3 Å². The molecule has 0 aliphatic heterocycles. The molecule has 0 aliphatic rings. The number of nitrogens with one attached hydrogen (secondary N) is 1. The average Bonchev–Trinajstić information content (AvgIpc) is 2.78. The Hall–Kier alpha value is -2.34. The van der Waals surface area contributed by atoms with Crippen molar-refractivity contribution in [2.75, 3.05) is 26.8 Å². The Morgan fingerprint density at radius 2 is 2.05 bits per heavy atom. The summed E-state index contributed by atoms with van der Waals surface area (Å²) < 4.78 is 4.94. The Morgan fingerprint density at radius 1 is 1.33 bits per heavy atom. The van der Waals surface area contributed by atoms with Crippen LogP contribution >= 0.6 is 0 Å². The van der Waals surface area contributed by atoms with E-state index in [1.807, 2.05) is 31.2 Å². The maximum Gasteiger partial charge on any atom is 0.323 e. The number of fused-ring (bicyclic) bond motifs is 1. The Morgan fingerprint density at radius 3 is 2.71 bits per heavy atom. The molecule has 1 heterocycles. The molecular formula is C15H18N2O4. The van der Waals surface area contributed by atoms with Crippen molar-refractivity contribution in [1.82, 2.24) is 9.88 Å². The second-order valence-electron chi connectivity index (χ2n) is 4.78. The molecule has 1 aromatic heterocycles. The molecule has 2 N–H and O–H groups in total. The van der Waals surface area contributed by atoms with Gasteiger partial charge in [0.1, 0.15) is 6.54 Å². The third-order valence-corrected chi connectivity index (χ3v) is 3.29. The van der Waals surface area contributed by atoms with Gasteiger partial charge in [-0.25, -0.2) is 0 Å². The summed E-state index contributed by atoms with van der Waals surface area (Å²) in [5.74, 6) is -1.35. The second kappa shape index (κ2) is 6.41. The lowest BCUT2D eigenvalue weighted by atomic mass is 10.1. The third kappa shape index (κ3) is 3.22. The Labute approximate surface area is 122 Å². The molecule has 2 aromatic rings. The first-order chi connectivity index (χ1) is 10.0. The molecule has 0 spiro atoms. The SMILES string of the molecule is COCCN(CC(=O)O)C(=O)c1c(C)[nH]c2ccccc12. The molecule has 6 heteroatoms. The van der Waals surface area contributed by atoms with Crippen LogP contribution in [0.3, 0.4) is 0 Å². The van der Waals surface area contributed by atoms with E-state index in [0.29, 0.717) is 12.2 Å². The average molecular weight is 290 g/mol. The molecule has 1 amide bonds. The number of amides is 1. The van der Waals surface area contributed by atoms with E-state index in [0.717, 1.165) is 16.6 Å². The zero-order valence-corrected chi connectivity index (χ0v) is 12.0. The predicted molar refractivity (Wildman–Crippen MR) is 78.5 cm³/mol. The second-order valence-corrected chi connectivity index (χ2v) is 4.78. The van der Waals surface area contributed by atoms with Crippen molar-refractivity contribution in [3.8, 4) is 0 Å². The van der Waals surface area contributed by atoms with Crippen LogP contribution in [0.2, 0.25) is 0 Å². The molecule has 0 atom stereocenters. The van der Waals surface area contributed by atoms with Crippen LogP contribution < -0.4 is 0 Å². The number of carbonyl (C=O) groups is 2. The molecule has 0 saturated heterocycles. The zero-order chi connectivity index (χ0) is 15.4. The van der Waals surface area contributed by atoms with Crippen LogP contribution in [0.25, 0.3) is 10.9 Å². The minimum atomic E-state index is -1.04. The van der Waals surface area contributed by atoms with E-state index < -0.39 is 5.97 Å². The van der Waals surface area contributed by atoms with Gasteiger partial charge in [0, 0.05) is 30.3 Å². The third-order valence-electron chi connectivity index (χ3n) is 3.29. The number of hydrogen-bond donors (Lipinski definition) is 2. The van der Waals surface area contributed by atoms with Crippen molar-refractivity contribution in [3.63, 3.8) is 0 Å². The Kier molecular flexibility index (Phi) is 4.59. The molecule has 0 radical (unpaired) electrons. The van der Waals surface area contributed by atoms with Gasteiger partial charge in [-0.3, -0.25) is 9.59 Å². The van der Waals surface area contributed by atoms with Gasteiger partial charge in [-0.15, -0.1) is 0 Å². The first kappa shape index (κ1) is 15.1. The van der Waals surface area contributed by atoms with Gasteiger partial charge in [0.05, 0.1) is 12.2 Å². The minimum Gasteiger partial charge on any atom is -0.480 e. The van der Waals surface area contributed by atoms with Gasteiger partial charge < -0.3 is 19.7 Å². The van der Waals surface area contributed by atoms with Gasteiger partial charge in [-0.05, 0) is 13.0 Å². The maximum absolute atomic E-state index is 12.7. The molecule has 21 heavy (non-hydrogen) atoms. The lowest BCUT2D eigenvalue weighted by Gasteiger charge is -2.20. The fourth-order valence-electron chi connectivity index (χ4n) is 2.33. The quantitative estimate of drug-likeness (QED) is 0.847. The lowest BCUT2D eigenvalue weighted by molar-refractivity contribution is -0.137. The van der Waals surface area contributed by atoms with Crippen molar-refractivity contribution in [3.05, 3.63) is 35.5 Å². The summed E-state index contributed by atoms with van der Waals surface area (Å²) >= 11 is 0. The highest BCUT2D eigenvalue weighted by atomic mass is 16.5. The fraction of sp³-hybridized carbons (Fsp3) is 0.333. The molecule has 0 fully saturated rings. The van der Waals surface area contributed by atoms with Crippen LogP contribution in [0.5, 0.6) is 0 Å². The molecule has 2 rings (SSSR count). The highest BCUT2D eigenvalue weighted by Gasteiger charge is 2.23. The van der Waals surface area contributed by atoms with Gasteiger partial charge in [-0.1, -0.05) is 18.2 Å². The first-order valence-corrected chi connectivity index (χ1v) is 6.62. The number of aromatic nitrogens is 1. The van der Waals surface area contributed by atoms with Crippen LogP contribution in [-0.4, -0.2) is 53.7 Å². The van der Waals surface area contributed by atoms with Gasteiger partial charge in [0.15, 0.2) is 0 Å². The Bertz CT molecular complexity index is 663. The van der Waals surface area contributed by atoms with Crippen LogP contribution in [0.4, 0.5) is 0 Å². The molecule has 6 nitrogen and oxygen atoms in total. The topological polar surface area (TPSA) is 82.6 Å². The van der Waals surface area contributed by atoms with Crippen molar-refractivity contribution in [1.29, 1.82) is 0 Å². The molecular weight excluding hydrogens is 272 g/mol. The molecule has 112 valence electrons.